The summed E-state index contributed by atoms with van der Waals surface area (Å²) in [6, 6.07) is 7.32. The van der Waals surface area contributed by atoms with E-state index < -0.39 is 9.84 Å². The molecule has 1 aliphatic heterocycles. The average molecular weight is 282 g/mol. The molecule has 1 fully saturated rings. The van der Waals surface area contributed by atoms with Gasteiger partial charge in [0.25, 0.3) is 0 Å². The molecule has 4 nitrogen and oxygen atoms in total. The normalized spacial score (nSPS) is 19.4. The van der Waals surface area contributed by atoms with Gasteiger partial charge in [0.05, 0.1) is 16.3 Å². The maximum atomic E-state index is 12.2. The average Bonchev–Trinajstić information content (AvgIpc) is 2.38. The topological polar surface area (TPSA) is 49.4 Å². The zero-order valence-corrected chi connectivity index (χ0v) is 12.6. The van der Waals surface area contributed by atoms with E-state index in [9.17, 15) is 8.42 Å². The lowest BCUT2D eigenvalue weighted by Crippen LogP contribution is -2.58. The Morgan fingerprint density at radius 2 is 2.00 bits per heavy atom. The van der Waals surface area contributed by atoms with Crippen LogP contribution in [0.15, 0.2) is 29.2 Å². The number of sulfone groups is 1. The van der Waals surface area contributed by atoms with E-state index in [1.807, 2.05) is 12.1 Å². The molecule has 0 radical (unpaired) electrons. The molecule has 1 aromatic carbocycles. The third kappa shape index (κ3) is 2.77. The summed E-state index contributed by atoms with van der Waals surface area (Å²) in [4.78, 5) is 2.65. The van der Waals surface area contributed by atoms with Crippen LogP contribution in [0.4, 0.5) is 5.69 Å². The van der Waals surface area contributed by atoms with Crippen molar-refractivity contribution in [1.29, 1.82) is 0 Å². The highest BCUT2D eigenvalue weighted by Crippen LogP contribution is 2.31. The Bertz CT molecular complexity index is 552. The van der Waals surface area contributed by atoms with E-state index in [-0.39, 0.29) is 11.3 Å². The first kappa shape index (κ1) is 14.3. The molecule has 2 rings (SSSR count). The van der Waals surface area contributed by atoms with E-state index in [4.69, 9.17) is 0 Å². The molecule has 5 heteroatoms. The van der Waals surface area contributed by atoms with Gasteiger partial charge in [-0.25, -0.2) is 8.42 Å². The number of rotatable bonds is 3. The minimum Gasteiger partial charge on any atom is -0.363 e. The van der Waals surface area contributed by atoms with Gasteiger partial charge in [0.15, 0.2) is 9.84 Å². The maximum Gasteiger partial charge on any atom is 0.180 e. The second-order valence-corrected chi connectivity index (χ2v) is 7.76. The fourth-order valence-electron chi connectivity index (χ4n) is 2.53. The van der Waals surface area contributed by atoms with Gasteiger partial charge in [-0.3, -0.25) is 0 Å². The van der Waals surface area contributed by atoms with Crippen LogP contribution in [0, 0.1) is 0 Å². The highest BCUT2D eigenvalue weighted by molar-refractivity contribution is 7.91. The monoisotopic (exact) mass is 282 g/mol. The summed E-state index contributed by atoms with van der Waals surface area (Å²) in [6.45, 7) is 8.51. The summed E-state index contributed by atoms with van der Waals surface area (Å²) < 4.78 is 24.5. The van der Waals surface area contributed by atoms with E-state index >= 15 is 0 Å². The fourth-order valence-corrected chi connectivity index (χ4v) is 3.62. The first-order chi connectivity index (χ1) is 8.88. The molecular formula is C14H22N2O2S. The molecule has 106 valence electrons. The van der Waals surface area contributed by atoms with E-state index in [1.54, 1.807) is 19.1 Å². The van der Waals surface area contributed by atoms with Crippen LogP contribution >= 0.6 is 0 Å². The summed E-state index contributed by atoms with van der Waals surface area (Å²) in [5.74, 6) is 0.135. The maximum absolute atomic E-state index is 12.2. The Labute approximate surface area is 115 Å². The van der Waals surface area contributed by atoms with Gasteiger partial charge in [0.2, 0.25) is 0 Å². The van der Waals surface area contributed by atoms with E-state index in [0.29, 0.717) is 4.90 Å². The molecule has 19 heavy (non-hydrogen) atoms. The first-order valence-electron chi connectivity index (χ1n) is 6.68. The lowest BCUT2D eigenvalue weighted by atomic mass is 9.99. The quantitative estimate of drug-likeness (QED) is 0.916. The standard InChI is InChI=1S/C14H22N2O2S/c1-4-19(17,18)13-8-6-5-7-12(13)16-10-9-15-11-14(16,2)3/h5-8,15H,4,9-11H2,1-3H3. The Kier molecular flexibility index (Phi) is 3.87. The molecule has 1 heterocycles. The van der Waals surface area contributed by atoms with Crippen molar-refractivity contribution in [3.63, 3.8) is 0 Å². The molecule has 0 saturated carbocycles. The van der Waals surface area contributed by atoms with E-state index in [1.165, 1.54) is 0 Å². The SMILES string of the molecule is CCS(=O)(=O)c1ccccc1N1CCNCC1(C)C. The summed E-state index contributed by atoms with van der Waals surface area (Å²) in [7, 11) is -3.19. The van der Waals surface area contributed by atoms with Crippen molar-refractivity contribution >= 4 is 15.5 Å². The van der Waals surface area contributed by atoms with Gasteiger partial charge in [0, 0.05) is 25.2 Å². The van der Waals surface area contributed by atoms with Gasteiger partial charge in [-0.15, -0.1) is 0 Å². The molecular weight excluding hydrogens is 260 g/mol. The highest BCUT2D eigenvalue weighted by Gasteiger charge is 2.32. The van der Waals surface area contributed by atoms with Crippen molar-refractivity contribution in [3.8, 4) is 0 Å². The van der Waals surface area contributed by atoms with Crippen LogP contribution in [-0.2, 0) is 9.84 Å². The summed E-state index contributed by atoms with van der Waals surface area (Å²) in [5, 5.41) is 3.36. The Balaban J connectivity index is 2.51. The van der Waals surface area contributed by atoms with Crippen molar-refractivity contribution < 1.29 is 8.42 Å². The number of hydrogen-bond acceptors (Lipinski definition) is 4. The summed E-state index contributed by atoms with van der Waals surface area (Å²) >= 11 is 0. The Morgan fingerprint density at radius 1 is 1.32 bits per heavy atom. The molecule has 0 amide bonds. The zero-order chi connectivity index (χ0) is 14.1. The van der Waals surface area contributed by atoms with Crippen molar-refractivity contribution in [2.24, 2.45) is 0 Å². The van der Waals surface area contributed by atoms with Crippen LogP contribution < -0.4 is 10.2 Å². The number of anilines is 1. The van der Waals surface area contributed by atoms with Crippen LogP contribution in [0.25, 0.3) is 0 Å². The molecule has 1 saturated heterocycles. The van der Waals surface area contributed by atoms with Crippen LogP contribution in [0.1, 0.15) is 20.8 Å². The van der Waals surface area contributed by atoms with Gasteiger partial charge in [-0.1, -0.05) is 19.1 Å². The molecule has 0 spiro atoms. The van der Waals surface area contributed by atoms with Crippen molar-refractivity contribution in [3.05, 3.63) is 24.3 Å². The zero-order valence-electron chi connectivity index (χ0n) is 11.8. The fraction of sp³-hybridized carbons (Fsp3) is 0.571. The third-order valence-electron chi connectivity index (χ3n) is 3.67. The smallest absolute Gasteiger partial charge is 0.180 e. The van der Waals surface area contributed by atoms with Crippen LogP contribution in [0.3, 0.4) is 0 Å². The number of benzene rings is 1. The Hall–Kier alpha value is -1.07. The van der Waals surface area contributed by atoms with Crippen molar-refractivity contribution in [1.82, 2.24) is 5.32 Å². The van der Waals surface area contributed by atoms with E-state index in [0.717, 1.165) is 25.3 Å². The Morgan fingerprint density at radius 3 is 2.63 bits per heavy atom. The molecule has 0 bridgehead atoms. The largest absolute Gasteiger partial charge is 0.363 e. The van der Waals surface area contributed by atoms with Crippen molar-refractivity contribution in [2.75, 3.05) is 30.3 Å². The third-order valence-corrected chi connectivity index (χ3v) is 5.45. The molecule has 1 aromatic rings. The van der Waals surface area contributed by atoms with Gasteiger partial charge < -0.3 is 10.2 Å². The second-order valence-electron chi connectivity index (χ2n) is 5.51. The van der Waals surface area contributed by atoms with Crippen LogP contribution in [0.2, 0.25) is 0 Å². The predicted molar refractivity (Wildman–Crippen MR) is 78.5 cm³/mol. The molecule has 1 N–H and O–H groups in total. The molecule has 0 aromatic heterocycles. The van der Waals surface area contributed by atoms with Gasteiger partial charge in [-0.05, 0) is 26.0 Å². The lowest BCUT2D eigenvalue weighted by Gasteiger charge is -2.45. The van der Waals surface area contributed by atoms with Gasteiger partial charge in [0.1, 0.15) is 0 Å². The van der Waals surface area contributed by atoms with Crippen LogP contribution in [0.5, 0.6) is 0 Å². The first-order valence-corrected chi connectivity index (χ1v) is 8.34. The van der Waals surface area contributed by atoms with Gasteiger partial charge >= 0.3 is 0 Å². The predicted octanol–water partition coefficient (Wildman–Crippen LogP) is 1.67. The molecule has 0 unspecified atom stereocenters. The molecule has 0 atom stereocenters. The number of para-hydroxylation sites is 1. The second kappa shape index (κ2) is 5.13. The summed E-state index contributed by atoms with van der Waals surface area (Å²) in [6.07, 6.45) is 0. The van der Waals surface area contributed by atoms with Crippen LogP contribution in [-0.4, -0.2) is 39.3 Å². The number of nitrogens with one attached hydrogen (secondary N) is 1. The minimum absolute atomic E-state index is 0.0857. The van der Waals surface area contributed by atoms with Gasteiger partial charge in [-0.2, -0.15) is 0 Å². The van der Waals surface area contributed by atoms with Crippen molar-refractivity contribution in [2.45, 2.75) is 31.2 Å². The molecule has 0 aliphatic carbocycles. The number of piperazine rings is 1. The minimum atomic E-state index is -3.19. The highest BCUT2D eigenvalue weighted by atomic mass is 32.2. The lowest BCUT2D eigenvalue weighted by molar-refractivity contribution is 0.378. The molecule has 1 aliphatic rings. The number of nitrogens with zero attached hydrogens (tertiary/aromatic N) is 1. The summed E-state index contributed by atoms with van der Waals surface area (Å²) in [5.41, 5.74) is 0.744. The number of hydrogen-bond donors (Lipinski definition) is 1. The van der Waals surface area contributed by atoms with E-state index in [2.05, 4.69) is 24.1 Å².